The van der Waals surface area contributed by atoms with E-state index in [9.17, 15) is 9.18 Å². The lowest BCUT2D eigenvalue weighted by Crippen LogP contribution is -2.36. The number of hydrogen-bond acceptors (Lipinski definition) is 4. The molecule has 0 atom stereocenters. The van der Waals surface area contributed by atoms with Crippen LogP contribution in [0.2, 0.25) is 0 Å². The van der Waals surface area contributed by atoms with Gasteiger partial charge in [0.2, 0.25) is 5.91 Å². The van der Waals surface area contributed by atoms with Gasteiger partial charge in [0.25, 0.3) is 0 Å². The van der Waals surface area contributed by atoms with Gasteiger partial charge in [0.1, 0.15) is 0 Å². The van der Waals surface area contributed by atoms with E-state index in [2.05, 4.69) is 10.2 Å². The number of benzene rings is 2. The zero-order valence-electron chi connectivity index (χ0n) is 14.8. The molecule has 2 aromatic carbocycles. The summed E-state index contributed by atoms with van der Waals surface area (Å²) in [5.41, 5.74) is 2.56. The predicted molar refractivity (Wildman–Crippen MR) is 99.4 cm³/mol. The van der Waals surface area contributed by atoms with Crippen molar-refractivity contribution in [1.29, 1.82) is 0 Å². The Labute approximate surface area is 152 Å². The van der Waals surface area contributed by atoms with Gasteiger partial charge in [-0.3, -0.25) is 4.79 Å². The third kappa shape index (κ3) is 4.52. The molecule has 5 nitrogen and oxygen atoms in total. The number of nitrogens with zero attached hydrogens (tertiary/aromatic N) is 1. The van der Waals surface area contributed by atoms with E-state index in [4.69, 9.17) is 9.47 Å². The van der Waals surface area contributed by atoms with E-state index in [1.165, 1.54) is 13.2 Å². The molecule has 0 unspecified atom stereocenters. The van der Waals surface area contributed by atoms with Crippen molar-refractivity contribution < 1.29 is 18.7 Å². The summed E-state index contributed by atoms with van der Waals surface area (Å²) in [6, 6.07) is 12.5. The molecule has 0 saturated carbocycles. The third-order valence-corrected chi connectivity index (χ3v) is 4.39. The minimum atomic E-state index is -0.414. The fraction of sp³-hybridized carbons (Fsp3) is 0.350. The van der Waals surface area contributed by atoms with E-state index in [1.54, 1.807) is 12.1 Å². The maximum Gasteiger partial charge on any atom is 0.224 e. The van der Waals surface area contributed by atoms with Crippen LogP contribution in [0.1, 0.15) is 12.0 Å². The maximum absolute atomic E-state index is 13.7. The van der Waals surface area contributed by atoms with Gasteiger partial charge < -0.3 is 19.7 Å². The Hall–Kier alpha value is -2.60. The van der Waals surface area contributed by atoms with E-state index < -0.39 is 5.82 Å². The Morgan fingerprint density at radius 2 is 2.00 bits per heavy atom. The normalized spacial score (nSPS) is 14.2. The van der Waals surface area contributed by atoms with E-state index in [0.717, 1.165) is 30.0 Å². The van der Waals surface area contributed by atoms with Crippen molar-refractivity contribution in [2.45, 2.75) is 12.8 Å². The molecule has 6 heteroatoms. The topological polar surface area (TPSA) is 50.8 Å². The van der Waals surface area contributed by atoms with Crippen LogP contribution in [0.4, 0.5) is 15.8 Å². The predicted octanol–water partition coefficient (Wildman–Crippen LogP) is 3.24. The van der Waals surface area contributed by atoms with Crippen LogP contribution in [-0.2, 0) is 16.0 Å². The zero-order valence-corrected chi connectivity index (χ0v) is 14.8. The second-order valence-electron chi connectivity index (χ2n) is 6.13. The lowest BCUT2D eigenvalue weighted by molar-refractivity contribution is -0.116. The molecule has 0 radical (unpaired) electrons. The summed E-state index contributed by atoms with van der Waals surface area (Å²) in [5.74, 6) is -0.303. The molecule has 0 spiro atoms. The molecule has 26 heavy (non-hydrogen) atoms. The number of methoxy groups -OCH3 is 1. The largest absolute Gasteiger partial charge is 0.494 e. The first-order chi connectivity index (χ1) is 12.7. The summed E-state index contributed by atoms with van der Waals surface area (Å²) in [7, 11) is 1.43. The summed E-state index contributed by atoms with van der Waals surface area (Å²) >= 11 is 0. The highest BCUT2D eigenvalue weighted by Gasteiger charge is 2.15. The van der Waals surface area contributed by atoms with Crippen LogP contribution >= 0.6 is 0 Å². The molecule has 0 bridgehead atoms. The van der Waals surface area contributed by atoms with E-state index in [1.807, 2.05) is 24.3 Å². The fourth-order valence-electron chi connectivity index (χ4n) is 3.00. The van der Waals surface area contributed by atoms with Crippen LogP contribution in [0.25, 0.3) is 0 Å². The molecule has 1 N–H and O–H groups in total. The van der Waals surface area contributed by atoms with E-state index in [0.29, 0.717) is 19.6 Å². The molecule has 0 aromatic heterocycles. The third-order valence-electron chi connectivity index (χ3n) is 4.39. The van der Waals surface area contributed by atoms with Gasteiger partial charge in [-0.15, -0.1) is 0 Å². The lowest BCUT2D eigenvalue weighted by atomic mass is 10.1. The number of anilines is 2. The molecule has 0 aliphatic carbocycles. The van der Waals surface area contributed by atoms with Gasteiger partial charge in [0.15, 0.2) is 11.6 Å². The molecule has 1 heterocycles. The molecule has 1 aliphatic heterocycles. The van der Waals surface area contributed by atoms with Crippen LogP contribution in [-0.4, -0.2) is 39.3 Å². The van der Waals surface area contributed by atoms with E-state index in [-0.39, 0.29) is 18.1 Å². The average Bonchev–Trinajstić information content (AvgIpc) is 2.67. The highest BCUT2D eigenvalue weighted by molar-refractivity contribution is 5.94. The number of para-hydroxylation sites is 2. The van der Waals surface area contributed by atoms with Gasteiger partial charge in [-0.05, 0) is 36.2 Å². The van der Waals surface area contributed by atoms with Gasteiger partial charge in [0, 0.05) is 19.5 Å². The summed E-state index contributed by atoms with van der Waals surface area (Å²) in [6.45, 7) is 2.98. The van der Waals surface area contributed by atoms with Gasteiger partial charge in [-0.25, -0.2) is 4.39 Å². The second-order valence-corrected chi connectivity index (χ2v) is 6.13. The van der Waals surface area contributed by atoms with Gasteiger partial charge in [-0.1, -0.05) is 18.2 Å². The molecular formula is C20H23FN2O3. The number of carbonyl (C=O) groups excluding carboxylic acids is 1. The first kappa shape index (κ1) is 18.2. The molecule has 138 valence electrons. The lowest BCUT2D eigenvalue weighted by Gasteiger charge is -2.30. The second kappa shape index (κ2) is 8.67. The summed E-state index contributed by atoms with van der Waals surface area (Å²) in [5, 5.41) is 2.98. The average molecular weight is 358 g/mol. The number of aryl methyl sites for hydroxylation is 1. The van der Waals surface area contributed by atoms with Gasteiger partial charge in [-0.2, -0.15) is 0 Å². The molecule has 1 fully saturated rings. The number of nitrogens with one attached hydrogen (secondary N) is 1. The highest BCUT2D eigenvalue weighted by Crippen LogP contribution is 2.26. The van der Waals surface area contributed by atoms with Crippen molar-refractivity contribution in [3.8, 4) is 5.75 Å². The summed E-state index contributed by atoms with van der Waals surface area (Å²) in [4.78, 5) is 14.6. The van der Waals surface area contributed by atoms with Crippen molar-refractivity contribution in [3.63, 3.8) is 0 Å². The molecule has 2 aromatic rings. The van der Waals surface area contributed by atoms with Crippen LogP contribution < -0.4 is 15.0 Å². The Kier molecular flexibility index (Phi) is 6.07. The minimum Gasteiger partial charge on any atom is -0.494 e. The van der Waals surface area contributed by atoms with Gasteiger partial charge in [0.05, 0.1) is 31.7 Å². The molecule has 1 aliphatic rings. The monoisotopic (exact) mass is 358 g/mol. The number of carbonyl (C=O) groups is 1. The zero-order chi connectivity index (χ0) is 18.4. The number of rotatable bonds is 6. The number of hydrogen-bond donors (Lipinski definition) is 1. The number of ether oxygens (including phenoxy) is 2. The Morgan fingerprint density at radius 1 is 1.23 bits per heavy atom. The molecule has 1 amide bonds. The van der Waals surface area contributed by atoms with Crippen LogP contribution in [0.5, 0.6) is 5.75 Å². The quantitative estimate of drug-likeness (QED) is 0.861. The van der Waals surface area contributed by atoms with Crippen molar-refractivity contribution in [1.82, 2.24) is 0 Å². The number of halogens is 1. The van der Waals surface area contributed by atoms with Crippen molar-refractivity contribution in [2.24, 2.45) is 0 Å². The van der Waals surface area contributed by atoms with Crippen LogP contribution in [0.15, 0.2) is 42.5 Å². The summed E-state index contributed by atoms with van der Waals surface area (Å²) < 4.78 is 24.0. The molecular weight excluding hydrogens is 335 g/mol. The maximum atomic E-state index is 13.7. The minimum absolute atomic E-state index is 0.0954. The van der Waals surface area contributed by atoms with Crippen LogP contribution in [0, 0.1) is 5.82 Å². The first-order valence-corrected chi connectivity index (χ1v) is 8.71. The summed E-state index contributed by atoms with van der Waals surface area (Å²) in [6.07, 6.45) is 0.746. The van der Waals surface area contributed by atoms with Crippen molar-refractivity contribution in [2.75, 3.05) is 43.6 Å². The smallest absolute Gasteiger partial charge is 0.224 e. The van der Waals surface area contributed by atoms with Crippen LogP contribution in [0.3, 0.4) is 0 Å². The Balaban J connectivity index is 1.61. The first-order valence-electron chi connectivity index (χ1n) is 8.71. The SMILES string of the molecule is COc1ccc(CCC(=O)Nc2ccccc2N2CCOCC2)cc1F. The Morgan fingerprint density at radius 3 is 2.73 bits per heavy atom. The Bertz CT molecular complexity index is 760. The molecule has 1 saturated heterocycles. The highest BCUT2D eigenvalue weighted by atomic mass is 19.1. The standard InChI is InChI=1S/C20H23FN2O3/c1-25-19-8-6-15(14-16(19)21)7-9-20(24)22-17-4-2-3-5-18(17)23-10-12-26-13-11-23/h2-6,8,14H,7,9-13H2,1H3,(H,22,24). The molecule has 3 rings (SSSR count). The van der Waals surface area contributed by atoms with E-state index >= 15 is 0 Å². The number of morpholine rings is 1. The van der Waals surface area contributed by atoms with Gasteiger partial charge >= 0.3 is 0 Å². The number of amides is 1. The van der Waals surface area contributed by atoms with Crippen molar-refractivity contribution in [3.05, 3.63) is 53.8 Å². The fourth-order valence-corrected chi connectivity index (χ4v) is 3.00. The van der Waals surface area contributed by atoms with Crippen molar-refractivity contribution >= 4 is 17.3 Å².